The highest BCUT2D eigenvalue weighted by molar-refractivity contribution is 7.89. The monoisotopic (exact) mass is 312 g/mol. The molecule has 1 aromatic rings. The van der Waals surface area contributed by atoms with E-state index in [1.54, 1.807) is 18.2 Å². The van der Waals surface area contributed by atoms with E-state index in [-0.39, 0.29) is 5.41 Å². The number of hydrogen-bond acceptors (Lipinski definition) is 3. The Kier molecular flexibility index (Phi) is 5.24. The van der Waals surface area contributed by atoms with E-state index < -0.39 is 15.6 Å². The first-order valence-electron chi connectivity index (χ1n) is 7.20. The lowest BCUT2D eigenvalue weighted by Crippen LogP contribution is -2.45. The minimum absolute atomic E-state index is 0.0470. The van der Waals surface area contributed by atoms with Crippen LogP contribution in [-0.4, -0.2) is 14.0 Å². The van der Waals surface area contributed by atoms with Crippen LogP contribution >= 0.6 is 0 Å². The average Bonchev–Trinajstić information content (AvgIpc) is 2.23. The Hall–Kier alpha value is -0.910. The Morgan fingerprint density at radius 1 is 1.14 bits per heavy atom. The van der Waals surface area contributed by atoms with Crippen LogP contribution in [0.25, 0.3) is 0 Å². The lowest BCUT2D eigenvalue weighted by molar-refractivity contribution is 0.269. The van der Waals surface area contributed by atoms with E-state index in [2.05, 4.69) is 25.5 Å². The van der Waals surface area contributed by atoms with Gasteiger partial charge in [0.1, 0.15) is 0 Å². The van der Waals surface area contributed by atoms with Crippen LogP contribution in [0.4, 0.5) is 0 Å². The molecule has 0 amide bonds. The van der Waals surface area contributed by atoms with E-state index in [4.69, 9.17) is 5.73 Å². The number of hydrogen-bond donors (Lipinski definition) is 2. The average molecular weight is 312 g/mol. The Bertz CT molecular complexity index is 599. The molecular formula is C16H28N2O2S. The van der Waals surface area contributed by atoms with Gasteiger partial charge in [-0.15, -0.1) is 0 Å². The second-order valence-electron chi connectivity index (χ2n) is 7.52. The first-order valence-corrected chi connectivity index (χ1v) is 8.68. The second kappa shape index (κ2) is 6.07. The number of nitrogens with one attached hydrogen (secondary N) is 1. The molecule has 5 heteroatoms. The first-order chi connectivity index (χ1) is 9.36. The number of aryl methyl sites for hydroxylation is 1. The number of benzene rings is 1. The van der Waals surface area contributed by atoms with Crippen molar-refractivity contribution in [1.82, 2.24) is 4.72 Å². The summed E-state index contributed by atoms with van der Waals surface area (Å²) in [5, 5.41) is 0. The highest BCUT2D eigenvalue weighted by Gasteiger charge is 2.30. The van der Waals surface area contributed by atoms with Gasteiger partial charge in [-0.1, -0.05) is 26.8 Å². The quantitative estimate of drug-likeness (QED) is 0.878. The molecule has 21 heavy (non-hydrogen) atoms. The van der Waals surface area contributed by atoms with Crippen molar-refractivity contribution in [1.29, 1.82) is 0 Å². The van der Waals surface area contributed by atoms with Gasteiger partial charge in [0, 0.05) is 12.1 Å². The molecule has 0 heterocycles. The molecule has 1 aromatic carbocycles. The van der Waals surface area contributed by atoms with Crippen molar-refractivity contribution >= 4 is 10.0 Å². The molecule has 0 atom stereocenters. The summed E-state index contributed by atoms with van der Waals surface area (Å²) >= 11 is 0. The Labute approximate surface area is 129 Å². The first kappa shape index (κ1) is 18.1. The van der Waals surface area contributed by atoms with E-state index in [9.17, 15) is 8.42 Å². The third-order valence-corrected chi connectivity index (χ3v) is 4.92. The minimum Gasteiger partial charge on any atom is -0.326 e. The fourth-order valence-electron chi connectivity index (χ4n) is 2.85. The molecule has 4 nitrogen and oxygen atoms in total. The Balaban J connectivity index is 3.04. The van der Waals surface area contributed by atoms with Crippen molar-refractivity contribution < 1.29 is 8.42 Å². The summed E-state index contributed by atoms with van der Waals surface area (Å²) in [5.74, 6) is 0. The van der Waals surface area contributed by atoms with Crippen LogP contribution in [0, 0.1) is 12.3 Å². The van der Waals surface area contributed by atoms with Gasteiger partial charge in [0.25, 0.3) is 0 Å². The van der Waals surface area contributed by atoms with Gasteiger partial charge >= 0.3 is 0 Å². The van der Waals surface area contributed by atoms with Crippen molar-refractivity contribution in [3.8, 4) is 0 Å². The fraction of sp³-hybridized carbons (Fsp3) is 0.625. The Morgan fingerprint density at radius 3 is 2.14 bits per heavy atom. The molecule has 0 aliphatic heterocycles. The molecule has 0 radical (unpaired) electrons. The van der Waals surface area contributed by atoms with Gasteiger partial charge in [-0.25, -0.2) is 13.1 Å². The predicted molar refractivity (Wildman–Crippen MR) is 87.5 cm³/mol. The maximum atomic E-state index is 12.5. The van der Waals surface area contributed by atoms with E-state index in [1.165, 1.54) is 0 Å². The van der Waals surface area contributed by atoms with Gasteiger partial charge in [0.05, 0.1) is 4.90 Å². The van der Waals surface area contributed by atoms with Crippen molar-refractivity contribution in [2.45, 2.75) is 64.9 Å². The fourth-order valence-corrected chi connectivity index (χ4v) is 4.35. The van der Waals surface area contributed by atoms with Crippen LogP contribution in [0.2, 0.25) is 0 Å². The molecule has 0 aliphatic rings. The zero-order chi connectivity index (χ0) is 16.5. The molecule has 0 aromatic heterocycles. The molecule has 3 N–H and O–H groups in total. The summed E-state index contributed by atoms with van der Waals surface area (Å²) in [6.07, 6.45) is 0.749. The smallest absolute Gasteiger partial charge is 0.241 e. The number of rotatable bonds is 5. The summed E-state index contributed by atoms with van der Waals surface area (Å²) in [6, 6.07) is 5.07. The molecule has 0 spiro atoms. The Morgan fingerprint density at radius 2 is 1.71 bits per heavy atom. The number of nitrogens with two attached hydrogens (primary N) is 1. The standard InChI is InChI=1S/C16H28N2O2S/c1-12-9-14(8-7-13(12)10-17)21(19,20)18-16(5,6)11-15(2,3)4/h7-9,18H,10-11,17H2,1-6H3. The molecular weight excluding hydrogens is 284 g/mol. The van der Waals surface area contributed by atoms with Crippen molar-refractivity contribution in [2.75, 3.05) is 0 Å². The maximum Gasteiger partial charge on any atom is 0.241 e. The molecule has 0 fully saturated rings. The zero-order valence-corrected chi connectivity index (χ0v) is 14.8. The largest absolute Gasteiger partial charge is 0.326 e. The SMILES string of the molecule is Cc1cc(S(=O)(=O)NC(C)(C)CC(C)(C)C)ccc1CN. The van der Waals surface area contributed by atoms with Crippen LogP contribution in [0.5, 0.6) is 0 Å². The topological polar surface area (TPSA) is 72.2 Å². The predicted octanol–water partition coefficient (Wildman–Crippen LogP) is 2.95. The molecule has 1 rings (SSSR count). The molecule has 0 aliphatic carbocycles. The van der Waals surface area contributed by atoms with Crippen LogP contribution in [-0.2, 0) is 16.6 Å². The van der Waals surface area contributed by atoms with Gasteiger partial charge in [-0.2, -0.15) is 0 Å². The minimum atomic E-state index is -3.53. The van der Waals surface area contributed by atoms with Crippen molar-refractivity contribution in [3.05, 3.63) is 29.3 Å². The van der Waals surface area contributed by atoms with Crippen LogP contribution < -0.4 is 10.5 Å². The summed E-state index contributed by atoms with van der Waals surface area (Å²) in [4.78, 5) is 0.291. The summed E-state index contributed by atoms with van der Waals surface area (Å²) in [6.45, 7) is 12.4. The van der Waals surface area contributed by atoms with Gasteiger partial charge in [0.2, 0.25) is 10.0 Å². The zero-order valence-electron chi connectivity index (χ0n) is 13.9. The van der Waals surface area contributed by atoms with Crippen LogP contribution in [0.1, 0.15) is 52.2 Å². The normalized spacial score (nSPS) is 13.5. The van der Waals surface area contributed by atoms with Gasteiger partial charge in [-0.3, -0.25) is 0 Å². The molecule has 0 saturated heterocycles. The molecule has 0 saturated carbocycles. The third-order valence-electron chi connectivity index (χ3n) is 3.23. The van der Waals surface area contributed by atoms with Gasteiger partial charge in [0.15, 0.2) is 0 Å². The number of sulfonamides is 1. The lowest BCUT2D eigenvalue weighted by Gasteiger charge is -2.33. The lowest BCUT2D eigenvalue weighted by atomic mass is 9.82. The third kappa shape index (κ3) is 5.41. The summed E-state index contributed by atoms with van der Waals surface area (Å²) < 4.78 is 27.9. The van der Waals surface area contributed by atoms with E-state index in [1.807, 2.05) is 20.8 Å². The van der Waals surface area contributed by atoms with E-state index in [0.717, 1.165) is 17.5 Å². The van der Waals surface area contributed by atoms with Gasteiger partial charge < -0.3 is 5.73 Å². The molecule has 120 valence electrons. The summed E-state index contributed by atoms with van der Waals surface area (Å²) in [7, 11) is -3.53. The van der Waals surface area contributed by atoms with Gasteiger partial charge in [-0.05, 0) is 55.9 Å². The van der Waals surface area contributed by atoms with Crippen molar-refractivity contribution in [3.63, 3.8) is 0 Å². The van der Waals surface area contributed by atoms with Crippen molar-refractivity contribution in [2.24, 2.45) is 11.1 Å². The highest BCUT2D eigenvalue weighted by atomic mass is 32.2. The molecule has 0 unspecified atom stereocenters. The van der Waals surface area contributed by atoms with E-state index >= 15 is 0 Å². The maximum absolute atomic E-state index is 12.5. The van der Waals surface area contributed by atoms with Crippen LogP contribution in [0.15, 0.2) is 23.1 Å². The van der Waals surface area contributed by atoms with Crippen LogP contribution in [0.3, 0.4) is 0 Å². The van der Waals surface area contributed by atoms with E-state index in [0.29, 0.717) is 11.4 Å². The summed E-state index contributed by atoms with van der Waals surface area (Å²) in [5.41, 5.74) is 7.02. The highest BCUT2D eigenvalue weighted by Crippen LogP contribution is 2.28. The second-order valence-corrected chi connectivity index (χ2v) is 9.20. The molecule has 0 bridgehead atoms.